The number of rotatable bonds is 8. The summed E-state index contributed by atoms with van der Waals surface area (Å²) in [6, 6.07) is 16.2. The molecule has 0 saturated heterocycles. The first-order valence-corrected chi connectivity index (χ1v) is 8.16. The Kier molecular flexibility index (Phi) is 6.46. The first-order valence-electron chi connectivity index (χ1n) is 8.16. The highest BCUT2D eigenvalue weighted by molar-refractivity contribution is 6.04. The third-order valence-corrected chi connectivity index (χ3v) is 3.93. The minimum Gasteiger partial charge on any atom is -0.481 e. The van der Waals surface area contributed by atoms with Crippen molar-refractivity contribution in [2.75, 3.05) is 5.32 Å². The van der Waals surface area contributed by atoms with Gasteiger partial charge in [0.05, 0.1) is 5.92 Å². The number of anilines is 1. The van der Waals surface area contributed by atoms with Crippen molar-refractivity contribution in [3.05, 3.63) is 65.7 Å². The summed E-state index contributed by atoms with van der Waals surface area (Å²) in [4.78, 5) is 35.0. The van der Waals surface area contributed by atoms with Gasteiger partial charge in [-0.2, -0.15) is 0 Å². The van der Waals surface area contributed by atoms with Crippen molar-refractivity contribution in [1.29, 1.82) is 0 Å². The SMILES string of the molecule is C[C@H](CC(=O)CCc1ccccc1NC(=O)c1ccccc1)C(=O)O. The van der Waals surface area contributed by atoms with E-state index in [-0.39, 0.29) is 24.5 Å². The number of para-hydroxylation sites is 1. The second-order valence-electron chi connectivity index (χ2n) is 5.96. The molecule has 0 bridgehead atoms. The number of ketones is 1. The van der Waals surface area contributed by atoms with Gasteiger partial charge in [-0.05, 0) is 30.2 Å². The van der Waals surface area contributed by atoms with E-state index >= 15 is 0 Å². The topological polar surface area (TPSA) is 83.5 Å². The van der Waals surface area contributed by atoms with Crippen LogP contribution in [0.15, 0.2) is 54.6 Å². The van der Waals surface area contributed by atoms with Crippen LogP contribution in [0.5, 0.6) is 0 Å². The summed E-state index contributed by atoms with van der Waals surface area (Å²) >= 11 is 0. The number of carboxylic acids is 1. The van der Waals surface area contributed by atoms with Crippen LogP contribution < -0.4 is 5.32 Å². The minimum atomic E-state index is -0.969. The number of aryl methyl sites for hydroxylation is 1. The van der Waals surface area contributed by atoms with Crippen molar-refractivity contribution in [2.45, 2.75) is 26.2 Å². The lowest BCUT2D eigenvalue weighted by Gasteiger charge is -2.11. The Morgan fingerprint density at radius 2 is 1.64 bits per heavy atom. The molecule has 0 saturated carbocycles. The maximum Gasteiger partial charge on any atom is 0.306 e. The van der Waals surface area contributed by atoms with Crippen molar-refractivity contribution in [2.24, 2.45) is 5.92 Å². The number of hydrogen-bond acceptors (Lipinski definition) is 3. The van der Waals surface area contributed by atoms with Crippen LogP contribution in [-0.4, -0.2) is 22.8 Å². The van der Waals surface area contributed by atoms with Gasteiger partial charge in [-0.15, -0.1) is 0 Å². The maximum absolute atomic E-state index is 12.3. The zero-order valence-electron chi connectivity index (χ0n) is 14.1. The lowest BCUT2D eigenvalue weighted by molar-refractivity contribution is -0.143. The fourth-order valence-corrected chi connectivity index (χ4v) is 2.45. The van der Waals surface area contributed by atoms with Crippen LogP contribution in [0.1, 0.15) is 35.7 Å². The van der Waals surface area contributed by atoms with Crippen molar-refractivity contribution >= 4 is 23.3 Å². The molecular weight excluding hydrogens is 318 g/mol. The van der Waals surface area contributed by atoms with Crippen LogP contribution in [0.4, 0.5) is 5.69 Å². The minimum absolute atomic E-state index is 0.0217. The Bertz CT molecular complexity index is 755. The zero-order valence-corrected chi connectivity index (χ0v) is 14.1. The van der Waals surface area contributed by atoms with Crippen molar-refractivity contribution in [1.82, 2.24) is 0 Å². The first kappa shape index (κ1) is 18.4. The fourth-order valence-electron chi connectivity index (χ4n) is 2.45. The van der Waals surface area contributed by atoms with E-state index in [0.29, 0.717) is 17.7 Å². The highest BCUT2D eigenvalue weighted by atomic mass is 16.4. The molecule has 5 heteroatoms. The van der Waals surface area contributed by atoms with Gasteiger partial charge in [-0.1, -0.05) is 43.3 Å². The number of carboxylic acid groups (broad SMARTS) is 1. The molecular formula is C20H21NO4. The van der Waals surface area contributed by atoms with Gasteiger partial charge < -0.3 is 10.4 Å². The summed E-state index contributed by atoms with van der Waals surface area (Å²) in [5.74, 6) is -1.96. The third-order valence-electron chi connectivity index (χ3n) is 3.93. The van der Waals surface area contributed by atoms with Gasteiger partial charge in [0.2, 0.25) is 0 Å². The van der Waals surface area contributed by atoms with Crippen molar-refractivity contribution < 1.29 is 19.5 Å². The average molecular weight is 339 g/mol. The first-order chi connectivity index (χ1) is 12.0. The van der Waals surface area contributed by atoms with Gasteiger partial charge in [-0.25, -0.2) is 0 Å². The molecule has 0 heterocycles. The van der Waals surface area contributed by atoms with Crippen LogP contribution in [0.25, 0.3) is 0 Å². The molecule has 25 heavy (non-hydrogen) atoms. The number of carbonyl (C=O) groups is 3. The van der Waals surface area contributed by atoms with Gasteiger partial charge in [0.15, 0.2) is 0 Å². The summed E-state index contributed by atoms with van der Waals surface area (Å²) in [5.41, 5.74) is 2.07. The molecule has 2 aromatic rings. The van der Waals surface area contributed by atoms with Crippen LogP contribution >= 0.6 is 0 Å². The van der Waals surface area contributed by atoms with Gasteiger partial charge in [-0.3, -0.25) is 14.4 Å². The lowest BCUT2D eigenvalue weighted by Crippen LogP contribution is -2.16. The summed E-state index contributed by atoms with van der Waals surface area (Å²) < 4.78 is 0. The molecule has 0 aliphatic carbocycles. The fraction of sp³-hybridized carbons (Fsp3) is 0.250. The molecule has 5 nitrogen and oxygen atoms in total. The second-order valence-corrected chi connectivity index (χ2v) is 5.96. The average Bonchev–Trinajstić information content (AvgIpc) is 2.61. The number of Topliss-reactive ketones (excluding diaryl/α,β-unsaturated/α-hetero) is 1. The van der Waals surface area contributed by atoms with E-state index in [1.165, 1.54) is 6.92 Å². The lowest BCUT2D eigenvalue weighted by atomic mass is 9.99. The Balaban J connectivity index is 1.99. The molecule has 0 unspecified atom stereocenters. The molecule has 1 atom stereocenters. The van der Waals surface area contributed by atoms with E-state index in [2.05, 4.69) is 5.32 Å². The van der Waals surface area contributed by atoms with Gasteiger partial charge in [0.25, 0.3) is 5.91 Å². The van der Waals surface area contributed by atoms with E-state index < -0.39 is 11.9 Å². The van der Waals surface area contributed by atoms with Gasteiger partial charge in [0.1, 0.15) is 5.78 Å². The molecule has 130 valence electrons. The predicted molar refractivity (Wildman–Crippen MR) is 95.6 cm³/mol. The predicted octanol–water partition coefficient (Wildman–Crippen LogP) is 3.55. The number of nitrogens with one attached hydrogen (secondary N) is 1. The molecule has 0 fully saturated rings. The summed E-state index contributed by atoms with van der Waals surface area (Å²) in [5, 5.41) is 11.7. The van der Waals surface area contributed by atoms with E-state index in [1.54, 1.807) is 30.3 Å². The Morgan fingerprint density at radius 3 is 2.32 bits per heavy atom. The second kappa shape index (κ2) is 8.78. The normalized spacial score (nSPS) is 11.6. The smallest absolute Gasteiger partial charge is 0.306 e. The number of aliphatic carboxylic acids is 1. The summed E-state index contributed by atoms with van der Waals surface area (Å²) in [7, 11) is 0. The van der Waals surface area contributed by atoms with Crippen LogP contribution in [0, 0.1) is 5.92 Å². The molecule has 1 amide bonds. The third kappa shape index (κ3) is 5.57. The Labute approximate surface area is 146 Å². The monoisotopic (exact) mass is 339 g/mol. The zero-order chi connectivity index (χ0) is 18.2. The van der Waals surface area contributed by atoms with E-state index in [9.17, 15) is 14.4 Å². The van der Waals surface area contributed by atoms with Crippen LogP contribution in [0.3, 0.4) is 0 Å². The van der Waals surface area contributed by atoms with Gasteiger partial charge >= 0.3 is 5.97 Å². The van der Waals surface area contributed by atoms with E-state index in [1.807, 2.05) is 24.3 Å². The molecule has 0 aliphatic rings. The van der Waals surface area contributed by atoms with Crippen molar-refractivity contribution in [3.8, 4) is 0 Å². The molecule has 2 aromatic carbocycles. The largest absolute Gasteiger partial charge is 0.481 e. The molecule has 0 radical (unpaired) electrons. The van der Waals surface area contributed by atoms with Crippen LogP contribution in [0.2, 0.25) is 0 Å². The molecule has 2 N–H and O–H groups in total. The standard InChI is InChI=1S/C20H21NO4/c1-14(20(24)25)13-17(22)12-11-15-7-5-6-10-18(15)21-19(23)16-8-3-2-4-9-16/h2-10,14H,11-13H2,1H3,(H,21,23)(H,24,25)/t14-/m1/s1. The van der Waals surface area contributed by atoms with Crippen molar-refractivity contribution in [3.63, 3.8) is 0 Å². The summed E-state index contributed by atoms with van der Waals surface area (Å²) in [6.07, 6.45) is 0.722. The van der Waals surface area contributed by atoms with Crippen LogP contribution in [-0.2, 0) is 16.0 Å². The number of benzene rings is 2. The summed E-state index contributed by atoms with van der Waals surface area (Å²) in [6.45, 7) is 1.52. The Morgan fingerprint density at radius 1 is 1.00 bits per heavy atom. The number of amides is 1. The number of hydrogen-bond donors (Lipinski definition) is 2. The quantitative estimate of drug-likeness (QED) is 0.770. The van der Waals surface area contributed by atoms with E-state index in [4.69, 9.17) is 5.11 Å². The van der Waals surface area contributed by atoms with Gasteiger partial charge in [0, 0.05) is 24.1 Å². The molecule has 2 rings (SSSR count). The molecule has 0 aromatic heterocycles. The highest BCUT2D eigenvalue weighted by Gasteiger charge is 2.16. The highest BCUT2D eigenvalue weighted by Crippen LogP contribution is 2.19. The molecule has 0 spiro atoms. The maximum atomic E-state index is 12.3. The molecule has 0 aliphatic heterocycles. The Hall–Kier alpha value is -2.95. The number of carbonyl (C=O) groups excluding carboxylic acids is 2. The van der Waals surface area contributed by atoms with E-state index in [0.717, 1.165) is 5.56 Å².